The number of anilines is 1. The lowest BCUT2D eigenvalue weighted by molar-refractivity contribution is -0.137. The quantitative estimate of drug-likeness (QED) is 0.685. The minimum absolute atomic E-state index is 0.00788. The first kappa shape index (κ1) is 21.0. The highest BCUT2D eigenvalue weighted by molar-refractivity contribution is 5.80. The molecule has 1 aromatic rings. The maximum absolute atomic E-state index is 12.7. The number of para-hydroxylation sites is 2. The fourth-order valence-electron chi connectivity index (χ4n) is 4.21. The third-order valence-corrected chi connectivity index (χ3v) is 5.93. The Labute approximate surface area is 170 Å². The number of ether oxygens (including phenoxy) is 1. The van der Waals surface area contributed by atoms with Gasteiger partial charge in [0.05, 0.1) is 12.8 Å². The van der Waals surface area contributed by atoms with E-state index in [1.165, 1.54) is 0 Å². The van der Waals surface area contributed by atoms with Crippen LogP contribution >= 0.6 is 0 Å². The molecule has 0 spiro atoms. The van der Waals surface area contributed by atoms with Crippen LogP contribution in [0, 0.1) is 0 Å². The number of carboxylic acid groups (broad SMARTS) is 1. The van der Waals surface area contributed by atoms with E-state index in [4.69, 9.17) is 9.84 Å². The molecule has 3 rings (SSSR count). The molecule has 2 aliphatic heterocycles. The number of carboxylic acids is 1. The molecule has 2 saturated heterocycles. The number of aliphatic carboxylic acids is 1. The summed E-state index contributed by atoms with van der Waals surface area (Å²) in [5.41, 5.74) is 0.466. The molecule has 158 valence electrons. The summed E-state index contributed by atoms with van der Waals surface area (Å²) in [6.07, 6.45) is 2.14. The van der Waals surface area contributed by atoms with E-state index in [1.54, 1.807) is 7.11 Å². The predicted molar refractivity (Wildman–Crippen MR) is 108 cm³/mol. The van der Waals surface area contributed by atoms with E-state index in [9.17, 15) is 14.4 Å². The average molecular weight is 403 g/mol. The molecule has 1 aromatic carbocycles. The minimum atomic E-state index is -0.885. The number of nitrogens with one attached hydrogen (secondary N) is 1. The molecule has 0 radical (unpaired) electrons. The van der Waals surface area contributed by atoms with Crippen molar-refractivity contribution in [3.63, 3.8) is 0 Å². The van der Waals surface area contributed by atoms with Crippen molar-refractivity contribution in [2.24, 2.45) is 0 Å². The van der Waals surface area contributed by atoms with Crippen LogP contribution < -0.4 is 15.0 Å². The summed E-state index contributed by atoms with van der Waals surface area (Å²) in [6, 6.07) is 7.86. The van der Waals surface area contributed by atoms with E-state index in [1.807, 2.05) is 29.2 Å². The molecule has 2 fully saturated rings. The number of nitrogens with zero attached hydrogens (tertiary/aromatic N) is 2. The largest absolute Gasteiger partial charge is 0.495 e. The van der Waals surface area contributed by atoms with Gasteiger partial charge < -0.3 is 25.0 Å². The highest BCUT2D eigenvalue weighted by Gasteiger charge is 2.38. The molecule has 2 N–H and O–H groups in total. The second-order valence-electron chi connectivity index (χ2n) is 7.76. The van der Waals surface area contributed by atoms with Gasteiger partial charge in [-0.2, -0.15) is 0 Å². The van der Waals surface area contributed by atoms with E-state index in [0.29, 0.717) is 45.2 Å². The van der Waals surface area contributed by atoms with Crippen LogP contribution in [0.1, 0.15) is 38.5 Å². The van der Waals surface area contributed by atoms with Crippen molar-refractivity contribution in [2.75, 3.05) is 38.2 Å². The van der Waals surface area contributed by atoms with Crippen LogP contribution in [0.15, 0.2) is 24.3 Å². The zero-order valence-corrected chi connectivity index (χ0v) is 16.9. The van der Waals surface area contributed by atoms with Crippen molar-refractivity contribution in [1.82, 2.24) is 10.2 Å². The lowest BCUT2D eigenvalue weighted by Gasteiger charge is -2.37. The topological polar surface area (TPSA) is 99.2 Å². The van der Waals surface area contributed by atoms with Crippen LogP contribution in [0.3, 0.4) is 0 Å². The van der Waals surface area contributed by atoms with Crippen LogP contribution in [0.2, 0.25) is 0 Å². The minimum Gasteiger partial charge on any atom is -0.495 e. The molecule has 0 aromatic heterocycles. The van der Waals surface area contributed by atoms with E-state index < -0.39 is 11.5 Å². The number of methoxy groups -OCH3 is 1. The Kier molecular flexibility index (Phi) is 6.61. The van der Waals surface area contributed by atoms with Crippen molar-refractivity contribution < 1.29 is 24.2 Å². The number of rotatable bonds is 8. The van der Waals surface area contributed by atoms with Crippen LogP contribution in [0.5, 0.6) is 5.75 Å². The number of piperazine rings is 1. The molecule has 0 unspecified atom stereocenters. The second kappa shape index (κ2) is 9.15. The van der Waals surface area contributed by atoms with Crippen LogP contribution in [0.4, 0.5) is 5.69 Å². The highest BCUT2D eigenvalue weighted by Crippen LogP contribution is 2.31. The van der Waals surface area contributed by atoms with Crippen molar-refractivity contribution in [3.05, 3.63) is 24.3 Å². The lowest BCUT2D eigenvalue weighted by Crippen LogP contribution is -2.49. The number of hydrogen-bond acceptors (Lipinski definition) is 5. The van der Waals surface area contributed by atoms with Crippen LogP contribution in [-0.2, 0) is 14.4 Å². The first-order valence-electron chi connectivity index (χ1n) is 10.1. The molecule has 2 aliphatic rings. The molecule has 29 heavy (non-hydrogen) atoms. The van der Waals surface area contributed by atoms with Crippen molar-refractivity contribution in [2.45, 2.75) is 44.1 Å². The van der Waals surface area contributed by atoms with E-state index in [0.717, 1.165) is 24.5 Å². The molecule has 1 atom stereocenters. The summed E-state index contributed by atoms with van der Waals surface area (Å²) in [5.74, 6) is -0.0669. The summed E-state index contributed by atoms with van der Waals surface area (Å²) in [4.78, 5) is 39.5. The molecule has 8 nitrogen and oxygen atoms in total. The van der Waals surface area contributed by atoms with Gasteiger partial charge in [0, 0.05) is 51.0 Å². The predicted octanol–water partition coefficient (Wildman–Crippen LogP) is 1.64. The van der Waals surface area contributed by atoms with Gasteiger partial charge in [0.1, 0.15) is 5.75 Å². The van der Waals surface area contributed by atoms with Gasteiger partial charge >= 0.3 is 5.97 Å². The number of benzene rings is 1. The monoisotopic (exact) mass is 403 g/mol. The van der Waals surface area contributed by atoms with Crippen LogP contribution in [-0.4, -0.2) is 66.6 Å². The van der Waals surface area contributed by atoms with E-state index in [2.05, 4.69) is 10.2 Å². The highest BCUT2D eigenvalue weighted by atomic mass is 16.5. The van der Waals surface area contributed by atoms with Crippen molar-refractivity contribution >= 4 is 23.5 Å². The third kappa shape index (κ3) is 5.19. The molecule has 8 heteroatoms. The molecule has 0 bridgehead atoms. The third-order valence-electron chi connectivity index (χ3n) is 5.93. The number of amides is 2. The average Bonchev–Trinajstić information content (AvgIpc) is 3.12. The number of carbonyl (C=O) groups is 3. The number of carbonyl (C=O) groups excluding carboxylic acids is 2. The van der Waals surface area contributed by atoms with Gasteiger partial charge in [-0.3, -0.25) is 14.4 Å². The van der Waals surface area contributed by atoms with Gasteiger partial charge in [-0.25, -0.2) is 0 Å². The Morgan fingerprint density at radius 2 is 1.83 bits per heavy atom. The summed E-state index contributed by atoms with van der Waals surface area (Å²) in [5, 5.41) is 11.9. The standard InChI is InChI=1S/C21H29N3O5/c1-29-17-5-3-2-4-16(17)23-12-14-24(15-13-23)19(26)7-10-21(11-8-20(27)28)9-6-18(25)22-21/h2-5H,6-15H2,1H3,(H,22,25)(H,27,28)/t21-/m1/s1. The van der Waals surface area contributed by atoms with Crippen molar-refractivity contribution in [1.29, 1.82) is 0 Å². The summed E-state index contributed by atoms with van der Waals surface area (Å²) < 4.78 is 5.43. The SMILES string of the molecule is COc1ccccc1N1CCN(C(=O)CC[C@@]2(CCC(=O)O)CCC(=O)N2)CC1. The Morgan fingerprint density at radius 3 is 2.45 bits per heavy atom. The first-order chi connectivity index (χ1) is 13.9. The van der Waals surface area contributed by atoms with E-state index >= 15 is 0 Å². The van der Waals surface area contributed by atoms with Gasteiger partial charge in [0.2, 0.25) is 11.8 Å². The molecule has 0 saturated carbocycles. The normalized spacial score (nSPS) is 21.8. The Morgan fingerprint density at radius 1 is 1.14 bits per heavy atom. The fraction of sp³-hybridized carbons (Fsp3) is 0.571. The van der Waals surface area contributed by atoms with Gasteiger partial charge in [0.15, 0.2) is 0 Å². The van der Waals surface area contributed by atoms with Gasteiger partial charge in [-0.1, -0.05) is 12.1 Å². The first-order valence-corrected chi connectivity index (χ1v) is 10.1. The molecular formula is C21H29N3O5. The zero-order chi connectivity index (χ0) is 20.9. The summed E-state index contributed by atoms with van der Waals surface area (Å²) in [6.45, 7) is 2.72. The molecular weight excluding hydrogens is 374 g/mol. The maximum atomic E-state index is 12.7. The van der Waals surface area contributed by atoms with E-state index in [-0.39, 0.29) is 18.2 Å². The Balaban J connectivity index is 1.52. The van der Waals surface area contributed by atoms with Gasteiger partial charge in [0.25, 0.3) is 0 Å². The van der Waals surface area contributed by atoms with Gasteiger partial charge in [-0.15, -0.1) is 0 Å². The number of hydrogen-bond donors (Lipinski definition) is 2. The lowest BCUT2D eigenvalue weighted by atomic mass is 9.86. The Bertz CT molecular complexity index is 760. The van der Waals surface area contributed by atoms with Crippen molar-refractivity contribution in [3.8, 4) is 5.75 Å². The van der Waals surface area contributed by atoms with Gasteiger partial charge in [-0.05, 0) is 31.4 Å². The van der Waals surface area contributed by atoms with Crippen LogP contribution in [0.25, 0.3) is 0 Å². The Hall–Kier alpha value is -2.77. The zero-order valence-electron chi connectivity index (χ0n) is 16.9. The summed E-state index contributed by atoms with van der Waals surface area (Å²) >= 11 is 0. The smallest absolute Gasteiger partial charge is 0.303 e. The fourth-order valence-corrected chi connectivity index (χ4v) is 4.21. The summed E-state index contributed by atoms with van der Waals surface area (Å²) in [7, 11) is 1.65. The second-order valence-corrected chi connectivity index (χ2v) is 7.76. The molecule has 2 heterocycles. The molecule has 2 amide bonds. The molecule has 0 aliphatic carbocycles. The maximum Gasteiger partial charge on any atom is 0.303 e.